The molecule has 1 aromatic heterocycles. The van der Waals surface area contributed by atoms with E-state index in [0.29, 0.717) is 16.6 Å². The molecule has 2 rings (SSSR count). The van der Waals surface area contributed by atoms with E-state index in [2.05, 4.69) is 4.98 Å². The first-order valence-electron chi connectivity index (χ1n) is 4.80. The van der Waals surface area contributed by atoms with E-state index in [-0.39, 0.29) is 0 Å². The number of aromatic nitrogens is 1. The van der Waals surface area contributed by atoms with E-state index in [1.54, 1.807) is 17.4 Å². The smallest absolute Gasteiger partial charge is 0.0844 e. The average molecular weight is 273 g/mol. The van der Waals surface area contributed by atoms with Gasteiger partial charge in [0.05, 0.1) is 21.2 Å². The second kappa shape index (κ2) is 5.15. The molecule has 16 heavy (non-hydrogen) atoms. The summed E-state index contributed by atoms with van der Waals surface area (Å²) in [5.41, 5.74) is 9.31. The van der Waals surface area contributed by atoms with Crippen LogP contribution in [-0.4, -0.2) is 11.5 Å². The molecule has 2 N–H and O–H groups in total. The predicted molar refractivity (Wildman–Crippen MR) is 70.3 cm³/mol. The van der Waals surface area contributed by atoms with Crippen molar-refractivity contribution in [3.05, 3.63) is 38.6 Å². The molecular weight excluding hydrogens is 263 g/mol. The van der Waals surface area contributed by atoms with Crippen LogP contribution in [0.2, 0.25) is 10.0 Å². The fraction of sp³-hybridized carbons (Fsp3) is 0.182. The van der Waals surface area contributed by atoms with Gasteiger partial charge in [0.25, 0.3) is 0 Å². The van der Waals surface area contributed by atoms with E-state index in [4.69, 9.17) is 28.9 Å². The number of nitrogens with zero attached hydrogens (tertiary/aromatic N) is 1. The first kappa shape index (κ1) is 11.9. The van der Waals surface area contributed by atoms with Crippen LogP contribution in [0.5, 0.6) is 0 Å². The van der Waals surface area contributed by atoms with Crippen LogP contribution in [0.3, 0.4) is 0 Å². The lowest BCUT2D eigenvalue weighted by Crippen LogP contribution is -2.02. The first-order chi connectivity index (χ1) is 7.72. The predicted octanol–water partition coefficient (Wildman–Crippen LogP) is 3.62. The summed E-state index contributed by atoms with van der Waals surface area (Å²) >= 11 is 13.5. The van der Waals surface area contributed by atoms with Gasteiger partial charge in [0.15, 0.2) is 0 Å². The van der Waals surface area contributed by atoms with Crippen molar-refractivity contribution >= 4 is 34.5 Å². The Hall–Kier alpha value is -0.610. The molecule has 0 amide bonds. The Morgan fingerprint density at radius 3 is 2.75 bits per heavy atom. The van der Waals surface area contributed by atoms with Crippen LogP contribution in [0.4, 0.5) is 0 Å². The number of benzene rings is 1. The number of hydrogen-bond acceptors (Lipinski definition) is 3. The number of halogens is 2. The highest BCUT2D eigenvalue weighted by molar-refractivity contribution is 7.10. The molecule has 2 aromatic rings. The van der Waals surface area contributed by atoms with Crippen molar-refractivity contribution in [3.63, 3.8) is 0 Å². The summed E-state index contributed by atoms with van der Waals surface area (Å²) in [6.45, 7) is 0.622. The van der Waals surface area contributed by atoms with Crippen LogP contribution in [0.15, 0.2) is 23.7 Å². The lowest BCUT2D eigenvalue weighted by atomic mass is 10.1. The zero-order valence-corrected chi connectivity index (χ0v) is 10.7. The quantitative estimate of drug-likeness (QED) is 0.927. The zero-order valence-electron chi connectivity index (χ0n) is 8.41. The van der Waals surface area contributed by atoms with E-state index in [9.17, 15) is 0 Å². The lowest BCUT2D eigenvalue weighted by Gasteiger charge is -2.03. The highest BCUT2D eigenvalue weighted by Crippen LogP contribution is 2.31. The molecule has 0 saturated heterocycles. The minimum Gasteiger partial charge on any atom is -0.330 e. The molecule has 0 bridgehead atoms. The molecule has 0 saturated carbocycles. The fourth-order valence-corrected chi connectivity index (χ4v) is 2.56. The third-order valence-corrected chi connectivity index (χ3v) is 3.84. The van der Waals surface area contributed by atoms with E-state index in [0.717, 1.165) is 17.7 Å². The molecule has 0 fully saturated rings. The van der Waals surface area contributed by atoms with Crippen molar-refractivity contribution in [2.24, 2.45) is 5.73 Å². The maximum absolute atomic E-state index is 5.98. The van der Waals surface area contributed by atoms with Gasteiger partial charge in [-0.25, -0.2) is 4.98 Å². The molecular formula is C11H10Cl2N2S. The molecule has 84 valence electrons. The van der Waals surface area contributed by atoms with Gasteiger partial charge in [-0.05, 0) is 25.1 Å². The highest BCUT2D eigenvalue weighted by Gasteiger charge is 2.09. The highest BCUT2D eigenvalue weighted by atomic mass is 35.5. The molecule has 1 heterocycles. The van der Waals surface area contributed by atoms with Gasteiger partial charge in [-0.15, -0.1) is 11.3 Å². The van der Waals surface area contributed by atoms with E-state index >= 15 is 0 Å². The third kappa shape index (κ3) is 2.38. The van der Waals surface area contributed by atoms with E-state index in [1.807, 2.05) is 17.6 Å². The molecule has 0 aliphatic rings. The summed E-state index contributed by atoms with van der Waals surface area (Å²) in [6.07, 6.45) is 0.834. The Morgan fingerprint density at radius 1 is 1.25 bits per heavy atom. The van der Waals surface area contributed by atoms with E-state index < -0.39 is 0 Å². The molecule has 0 aliphatic carbocycles. The largest absolute Gasteiger partial charge is 0.330 e. The molecule has 0 spiro atoms. The van der Waals surface area contributed by atoms with Gasteiger partial charge in [-0.2, -0.15) is 0 Å². The molecule has 2 nitrogen and oxygen atoms in total. The number of rotatable bonds is 3. The number of nitrogens with two attached hydrogens (primary N) is 1. The van der Waals surface area contributed by atoms with Crippen molar-refractivity contribution in [2.45, 2.75) is 6.42 Å². The summed E-state index contributed by atoms with van der Waals surface area (Å²) in [5.74, 6) is 0. The van der Waals surface area contributed by atoms with Gasteiger partial charge in [-0.1, -0.05) is 29.3 Å². The van der Waals surface area contributed by atoms with Crippen molar-refractivity contribution in [1.29, 1.82) is 0 Å². The third-order valence-electron chi connectivity index (χ3n) is 2.21. The van der Waals surface area contributed by atoms with Crippen LogP contribution < -0.4 is 5.73 Å². The summed E-state index contributed by atoms with van der Waals surface area (Å²) in [6, 6.07) is 5.53. The van der Waals surface area contributed by atoms with Crippen molar-refractivity contribution in [2.75, 3.05) is 6.54 Å². The monoisotopic (exact) mass is 272 g/mol. The van der Waals surface area contributed by atoms with Gasteiger partial charge in [0.1, 0.15) is 0 Å². The minimum absolute atomic E-state index is 0.547. The Balaban J connectivity index is 2.42. The minimum atomic E-state index is 0.547. The van der Waals surface area contributed by atoms with Crippen LogP contribution in [-0.2, 0) is 6.42 Å². The number of thiazole rings is 1. The Bertz CT molecular complexity index is 496. The Morgan fingerprint density at radius 2 is 2.06 bits per heavy atom. The molecule has 0 unspecified atom stereocenters. The zero-order chi connectivity index (χ0) is 11.5. The summed E-state index contributed by atoms with van der Waals surface area (Å²) in [5, 5.41) is 1.10. The lowest BCUT2D eigenvalue weighted by molar-refractivity contribution is 0.986. The SMILES string of the molecule is NCCc1scnc1-c1ccc(Cl)c(Cl)c1. The standard InChI is InChI=1S/C11H10Cl2N2S/c12-8-2-1-7(5-9(8)13)11-10(3-4-14)16-6-15-11/h1-2,5-6H,3-4,14H2. The molecule has 0 atom stereocenters. The second-order valence-corrected chi connectivity index (χ2v) is 5.05. The van der Waals surface area contributed by atoms with Gasteiger partial charge in [-0.3, -0.25) is 0 Å². The van der Waals surface area contributed by atoms with Gasteiger partial charge >= 0.3 is 0 Å². The molecule has 5 heteroatoms. The van der Waals surface area contributed by atoms with Crippen molar-refractivity contribution in [1.82, 2.24) is 4.98 Å². The van der Waals surface area contributed by atoms with E-state index in [1.165, 1.54) is 4.88 Å². The van der Waals surface area contributed by atoms with Crippen LogP contribution >= 0.6 is 34.5 Å². The van der Waals surface area contributed by atoms with Gasteiger partial charge in [0.2, 0.25) is 0 Å². The summed E-state index contributed by atoms with van der Waals surface area (Å²) in [4.78, 5) is 5.52. The maximum Gasteiger partial charge on any atom is 0.0844 e. The Kier molecular flexibility index (Phi) is 3.82. The second-order valence-electron chi connectivity index (χ2n) is 3.29. The maximum atomic E-state index is 5.98. The fourth-order valence-electron chi connectivity index (χ4n) is 1.46. The number of hydrogen-bond donors (Lipinski definition) is 1. The molecule has 1 aromatic carbocycles. The average Bonchev–Trinajstić information content (AvgIpc) is 2.71. The van der Waals surface area contributed by atoms with Crippen molar-refractivity contribution in [3.8, 4) is 11.3 Å². The Labute approximate surface area is 108 Å². The van der Waals surface area contributed by atoms with Crippen LogP contribution in [0.25, 0.3) is 11.3 Å². The van der Waals surface area contributed by atoms with Crippen molar-refractivity contribution < 1.29 is 0 Å². The van der Waals surface area contributed by atoms with Crippen LogP contribution in [0.1, 0.15) is 4.88 Å². The first-order valence-corrected chi connectivity index (χ1v) is 6.44. The summed E-state index contributed by atoms with van der Waals surface area (Å²) < 4.78 is 0. The topological polar surface area (TPSA) is 38.9 Å². The molecule has 0 radical (unpaired) electrons. The van der Waals surface area contributed by atoms with Gasteiger partial charge in [0, 0.05) is 10.4 Å². The molecule has 0 aliphatic heterocycles. The van der Waals surface area contributed by atoms with Crippen LogP contribution in [0, 0.1) is 0 Å². The van der Waals surface area contributed by atoms with Gasteiger partial charge < -0.3 is 5.73 Å². The normalized spacial score (nSPS) is 10.7. The summed E-state index contributed by atoms with van der Waals surface area (Å²) in [7, 11) is 0.